The maximum atomic E-state index is 5.77. The fraction of sp³-hybridized carbons (Fsp3) is 0.368. The number of benzene rings is 2. The second-order valence-corrected chi connectivity index (χ2v) is 6.13. The molecule has 1 fully saturated rings. The van der Waals surface area contributed by atoms with Crippen LogP contribution in [-0.2, 0) is 0 Å². The van der Waals surface area contributed by atoms with Gasteiger partial charge in [-0.3, -0.25) is 5.43 Å². The first-order valence-electron chi connectivity index (χ1n) is 8.40. The van der Waals surface area contributed by atoms with Crippen LogP contribution in [0.15, 0.2) is 36.4 Å². The van der Waals surface area contributed by atoms with Crippen molar-refractivity contribution in [3.05, 3.63) is 47.5 Å². The van der Waals surface area contributed by atoms with Gasteiger partial charge in [-0.2, -0.15) is 0 Å². The van der Waals surface area contributed by atoms with Crippen molar-refractivity contribution < 1.29 is 18.9 Å². The minimum Gasteiger partial charge on any atom is -0.497 e. The molecule has 0 radical (unpaired) electrons. The van der Waals surface area contributed by atoms with E-state index in [1.807, 2.05) is 24.3 Å². The number of hydrazine groups is 1. The summed E-state index contributed by atoms with van der Waals surface area (Å²) >= 11 is 0. The Labute approximate surface area is 147 Å². The Hall–Kier alpha value is -2.44. The van der Waals surface area contributed by atoms with Crippen molar-refractivity contribution in [2.45, 2.75) is 12.0 Å². The van der Waals surface area contributed by atoms with Gasteiger partial charge in [0, 0.05) is 12.5 Å². The first-order valence-corrected chi connectivity index (χ1v) is 8.40. The van der Waals surface area contributed by atoms with Crippen molar-refractivity contribution in [3.63, 3.8) is 0 Å². The Kier molecular flexibility index (Phi) is 4.38. The maximum Gasteiger partial charge on any atom is 0.203 e. The van der Waals surface area contributed by atoms with E-state index < -0.39 is 0 Å². The molecule has 2 unspecified atom stereocenters. The van der Waals surface area contributed by atoms with Gasteiger partial charge >= 0.3 is 0 Å². The van der Waals surface area contributed by atoms with Crippen molar-refractivity contribution >= 4 is 0 Å². The molecule has 0 bridgehead atoms. The Morgan fingerprint density at radius 3 is 2.52 bits per heavy atom. The highest BCUT2D eigenvalue weighted by molar-refractivity contribution is 5.55. The van der Waals surface area contributed by atoms with E-state index in [0.717, 1.165) is 23.6 Å². The van der Waals surface area contributed by atoms with Gasteiger partial charge in [-0.15, -0.1) is 0 Å². The molecule has 0 amide bonds. The lowest BCUT2D eigenvalue weighted by Gasteiger charge is -2.25. The molecular formula is C19H22N2O4. The molecule has 1 saturated heterocycles. The van der Waals surface area contributed by atoms with E-state index in [1.54, 1.807) is 14.2 Å². The molecule has 0 aliphatic carbocycles. The molecule has 0 saturated carbocycles. The Bertz CT molecular complexity index is 731. The summed E-state index contributed by atoms with van der Waals surface area (Å²) in [4.78, 5) is 0. The highest BCUT2D eigenvalue weighted by Crippen LogP contribution is 2.44. The summed E-state index contributed by atoms with van der Waals surface area (Å²) in [6, 6.07) is 12.4. The minimum absolute atomic E-state index is 0.109. The topological polar surface area (TPSA) is 61.0 Å². The van der Waals surface area contributed by atoms with Crippen LogP contribution in [0, 0.1) is 0 Å². The smallest absolute Gasteiger partial charge is 0.203 e. The third-order valence-corrected chi connectivity index (χ3v) is 4.74. The number of methoxy groups -OCH3 is 2. The summed E-state index contributed by atoms with van der Waals surface area (Å²) in [5, 5.41) is 0. The molecule has 0 aromatic heterocycles. The third kappa shape index (κ3) is 2.99. The van der Waals surface area contributed by atoms with E-state index in [0.29, 0.717) is 24.7 Å². The average Bonchev–Trinajstić information content (AvgIpc) is 3.17. The normalized spacial score (nSPS) is 21.8. The number of hydrogen-bond acceptors (Lipinski definition) is 6. The van der Waals surface area contributed by atoms with Crippen LogP contribution in [0.4, 0.5) is 0 Å². The summed E-state index contributed by atoms with van der Waals surface area (Å²) in [5.74, 6) is 3.28. The van der Waals surface area contributed by atoms with Gasteiger partial charge in [0.2, 0.25) is 5.75 Å². The van der Waals surface area contributed by atoms with E-state index in [4.69, 9.17) is 18.9 Å². The van der Waals surface area contributed by atoms with Crippen LogP contribution in [0.25, 0.3) is 0 Å². The molecule has 2 aliphatic rings. The molecule has 2 aromatic rings. The summed E-state index contributed by atoms with van der Waals surface area (Å²) in [6.07, 6.45) is 0. The fourth-order valence-corrected chi connectivity index (χ4v) is 3.45. The van der Waals surface area contributed by atoms with Crippen LogP contribution in [0.5, 0.6) is 23.0 Å². The summed E-state index contributed by atoms with van der Waals surface area (Å²) in [7, 11) is 3.33. The lowest BCUT2D eigenvalue weighted by Crippen LogP contribution is -2.25. The SMILES string of the molecule is COc1ccc(C2CNNC2c2cc(OC)c3c(c2)OCCO3)cc1. The van der Waals surface area contributed by atoms with Crippen LogP contribution in [0.3, 0.4) is 0 Å². The quantitative estimate of drug-likeness (QED) is 0.890. The zero-order valence-electron chi connectivity index (χ0n) is 14.4. The minimum atomic E-state index is 0.109. The molecule has 4 rings (SSSR count). The van der Waals surface area contributed by atoms with Gasteiger partial charge in [-0.25, -0.2) is 5.43 Å². The lowest BCUT2D eigenvalue weighted by molar-refractivity contribution is 0.164. The largest absolute Gasteiger partial charge is 0.497 e. The van der Waals surface area contributed by atoms with Gasteiger partial charge in [-0.05, 0) is 35.4 Å². The van der Waals surface area contributed by atoms with E-state index >= 15 is 0 Å². The van der Waals surface area contributed by atoms with Crippen LogP contribution >= 0.6 is 0 Å². The Morgan fingerprint density at radius 2 is 1.76 bits per heavy atom. The van der Waals surface area contributed by atoms with E-state index in [1.165, 1.54) is 5.56 Å². The van der Waals surface area contributed by atoms with Crippen molar-refractivity contribution in [1.29, 1.82) is 0 Å². The number of fused-ring (bicyclic) bond motifs is 1. The molecule has 2 aromatic carbocycles. The van der Waals surface area contributed by atoms with Crippen molar-refractivity contribution in [1.82, 2.24) is 10.9 Å². The second kappa shape index (κ2) is 6.82. The number of hydrogen-bond donors (Lipinski definition) is 2. The molecule has 2 N–H and O–H groups in total. The predicted octanol–water partition coefficient (Wildman–Crippen LogP) is 2.41. The van der Waals surface area contributed by atoms with Gasteiger partial charge in [0.25, 0.3) is 0 Å². The molecule has 2 heterocycles. The standard InChI is InChI=1S/C19H22N2O4/c1-22-14-5-3-12(4-6-14)15-11-20-21-18(15)13-9-16(23-2)19-17(10-13)24-7-8-25-19/h3-6,9-10,15,18,20-21H,7-8,11H2,1-2H3. The van der Waals surface area contributed by atoms with Gasteiger partial charge in [0.05, 0.1) is 20.3 Å². The summed E-state index contributed by atoms with van der Waals surface area (Å²) < 4.78 is 22.2. The predicted molar refractivity (Wildman–Crippen MR) is 93.6 cm³/mol. The van der Waals surface area contributed by atoms with E-state index in [2.05, 4.69) is 23.0 Å². The zero-order chi connectivity index (χ0) is 17.2. The zero-order valence-corrected chi connectivity index (χ0v) is 14.4. The number of nitrogens with one attached hydrogen (secondary N) is 2. The summed E-state index contributed by atoms with van der Waals surface area (Å²) in [5.41, 5.74) is 9.00. The van der Waals surface area contributed by atoms with Crippen molar-refractivity contribution in [2.24, 2.45) is 0 Å². The number of rotatable bonds is 4. The average molecular weight is 342 g/mol. The lowest BCUT2D eigenvalue weighted by atomic mass is 9.88. The first kappa shape index (κ1) is 16.1. The number of ether oxygens (including phenoxy) is 4. The monoisotopic (exact) mass is 342 g/mol. The fourth-order valence-electron chi connectivity index (χ4n) is 3.45. The van der Waals surface area contributed by atoms with Crippen LogP contribution < -0.4 is 29.8 Å². The van der Waals surface area contributed by atoms with Crippen molar-refractivity contribution in [2.75, 3.05) is 34.0 Å². The molecular weight excluding hydrogens is 320 g/mol. The molecule has 6 nitrogen and oxygen atoms in total. The second-order valence-electron chi connectivity index (χ2n) is 6.13. The van der Waals surface area contributed by atoms with Gasteiger partial charge < -0.3 is 18.9 Å². The first-order chi connectivity index (χ1) is 12.3. The molecule has 132 valence electrons. The highest BCUT2D eigenvalue weighted by Gasteiger charge is 2.31. The van der Waals surface area contributed by atoms with Gasteiger partial charge in [-0.1, -0.05) is 12.1 Å². The van der Waals surface area contributed by atoms with Crippen LogP contribution in [0.1, 0.15) is 23.1 Å². The van der Waals surface area contributed by atoms with Crippen molar-refractivity contribution in [3.8, 4) is 23.0 Å². The Morgan fingerprint density at radius 1 is 0.960 bits per heavy atom. The molecule has 25 heavy (non-hydrogen) atoms. The molecule has 0 spiro atoms. The third-order valence-electron chi connectivity index (χ3n) is 4.74. The van der Waals surface area contributed by atoms with E-state index in [-0.39, 0.29) is 12.0 Å². The van der Waals surface area contributed by atoms with Gasteiger partial charge in [0.1, 0.15) is 19.0 Å². The Balaban J connectivity index is 1.67. The molecule has 2 aliphatic heterocycles. The molecule has 6 heteroatoms. The van der Waals surface area contributed by atoms with Crippen LogP contribution in [0.2, 0.25) is 0 Å². The maximum absolute atomic E-state index is 5.77. The summed E-state index contributed by atoms with van der Waals surface area (Å²) in [6.45, 7) is 1.94. The van der Waals surface area contributed by atoms with Gasteiger partial charge in [0.15, 0.2) is 11.5 Å². The highest BCUT2D eigenvalue weighted by atomic mass is 16.6. The van der Waals surface area contributed by atoms with E-state index in [9.17, 15) is 0 Å². The van der Waals surface area contributed by atoms with Crippen LogP contribution in [-0.4, -0.2) is 34.0 Å². The molecule has 2 atom stereocenters.